The van der Waals surface area contributed by atoms with Gasteiger partial charge in [-0.05, 0) is 24.3 Å². The van der Waals surface area contributed by atoms with Crippen LogP contribution in [0.2, 0.25) is 0 Å². The number of carbonyl (C=O) groups is 1. The molecule has 0 aliphatic carbocycles. The highest BCUT2D eigenvalue weighted by atomic mass is 16.4. The summed E-state index contributed by atoms with van der Waals surface area (Å²) in [4.78, 5) is 15.9. The van der Waals surface area contributed by atoms with Crippen LogP contribution >= 0.6 is 0 Å². The van der Waals surface area contributed by atoms with Crippen molar-refractivity contribution >= 4 is 5.91 Å². The molecule has 112 valence electrons. The van der Waals surface area contributed by atoms with Gasteiger partial charge in [-0.15, -0.1) is 10.2 Å². The molecule has 0 unspecified atom stereocenters. The van der Waals surface area contributed by atoms with E-state index in [0.29, 0.717) is 36.2 Å². The number of furan rings is 1. The lowest BCUT2D eigenvalue weighted by Crippen LogP contribution is -2.22. The molecule has 7 heteroatoms. The first-order valence-corrected chi connectivity index (χ1v) is 6.84. The fraction of sp³-hybridized carbons (Fsp3) is 0.200. The third kappa shape index (κ3) is 3.57. The van der Waals surface area contributed by atoms with Crippen LogP contribution < -0.4 is 5.32 Å². The van der Waals surface area contributed by atoms with E-state index >= 15 is 0 Å². The number of hydrogen-bond donors (Lipinski definition) is 1. The monoisotopic (exact) mass is 298 g/mol. The minimum Gasteiger partial charge on any atom is -0.467 e. The molecule has 3 aromatic rings. The van der Waals surface area contributed by atoms with Crippen molar-refractivity contribution in [2.24, 2.45) is 0 Å². The average Bonchev–Trinajstić information content (AvgIpc) is 3.23. The van der Waals surface area contributed by atoms with Crippen LogP contribution in [0, 0.1) is 0 Å². The van der Waals surface area contributed by atoms with Crippen molar-refractivity contribution in [3.63, 3.8) is 0 Å². The molecule has 0 bridgehead atoms. The van der Waals surface area contributed by atoms with Gasteiger partial charge in [0.1, 0.15) is 11.5 Å². The predicted octanol–water partition coefficient (Wildman–Crippen LogP) is 1.97. The highest BCUT2D eigenvalue weighted by Crippen LogP contribution is 2.14. The van der Waals surface area contributed by atoms with Crippen molar-refractivity contribution in [3.8, 4) is 11.6 Å². The molecule has 1 N–H and O–H groups in total. The van der Waals surface area contributed by atoms with E-state index in [1.165, 1.54) is 0 Å². The van der Waals surface area contributed by atoms with Crippen LogP contribution in [0.3, 0.4) is 0 Å². The van der Waals surface area contributed by atoms with Crippen LogP contribution in [-0.2, 0) is 17.8 Å². The zero-order valence-corrected chi connectivity index (χ0v) is 11.7. The Hall–Kier alpha value is -2.96. The van der Waals surface area contributed by atoms with Gasteiger partial charge in [-0.2, -0.15) is 0 Å². The highest BCUT2D eigenvalue weighted by Gasteiger charge is 2.11. The van der Waals surface area contributed by atoms with Crippen molar-refractivity contribution in [1.29, 1.82) is 0 Å². The third-order valence-corrected chi connectivity index (χ3v) is 2.96. The number of nitrogens with zero attached hydrogens (tertiary/aromatic N) is 3. The van der Waals surface area contributed by atoms with Gasteiger partial charge in [0.25, 0.3) is 5.89 Å². The molecule has 3 aromatic heterocycles. The second kappa shape index (κ2) is 6.66. The van der Waals surface area contributed by atoms with Gasteiger partial charge in [0.05, 0.1) is 12.8 Å². The van der Waals surface area contributed by atoms with Gasteiger partial charge in [0.15, 0.2) is 0 Å². The summed E-state index contributed by atoms with van der Waals surface area (Å²) < 4.78 is 10.6. The van der Waals surface area contributed by atoms with Crippen molar-refractivity contribution in [2.45, 2.75) is 19.4 Å². The summed E-state index contributed by atoms with van der Waals surface area (Å²) in [6, 6.07) is 9.02. The fourth-order valence-corrected chi connectivity index (χ4v) is 1.86. The summed E-state index contributed by atoms with van der Waals surface area (Å²) in [6.45, 7) is 0.370. The van der Waals surface area contributed by atoms with Crippen LogP contribution in [0.15, 0.2) is 51.6 Å². The quantitative estimate of drug-likeness (QED) is 0.747. The van der Waals surface area contributed by atoms with Crippen LogP contribution in [0.25, 0.3) is 11.6 Å². The lowest BCUT2D eigenvalue weighted by molar-refractivity contribution is -0.121. The molecule has 0 atom stereocenters. The number of pyridine rings is 1. The van der Waals surface area contributed by atoms with Gasteiger partial charge < -0.3 is 14.2 Å². The lowest BCUT2D eigenvalue weighted by atomic mass is 10.3. The number of amides is 1. The molecule has 1 amide bonds. The first-order valence-electron chi connectivity index (χ1n) is 6.84. The minimum absolute atomic E-state index is 0.103. The van der Waals surface area contributed by atoms with Gasteiger partial charge in [0.2, 0.25) is 11.8 Å². The number of aryl methyl sites for hydroxylation is 1. The molecule has 0 saturated heterocycles. The Bertz CT molecular complexity index is 722. The Balaban J connectivity index is 1.49. The number of aromatic nitrogens is 3. The average molecular weight is 298 g/mol. The zero-order valence-electron chi connectivity index (χ0n) is 11.7. The molecule has 7 nitrogen and oxygen atoms in total. The summed E-state index contributed by atoms with van der Waals surface area (Å²) in [7, 11) is 0. The standard InChI is InChI=1S/C15H14N4O3/c20-13(17-10-11-4-3-9-21-11)6-7-14-18-19-15(22-14)12-5-1-2-8-16-12/h1-5,8-9H,6-7,10H2,(H,17,20). The summed E-state index contributed by atoms with van der Waals surface area (Å²) >= 11 is 0. The minimum atomic E-state index is -0.103. The molecule has 0 aliphatic rings. The molecular formula is C15H14N4O3. The third-order valence-electron chi connectivity index (χ3n) is 2.96. The van der Waals surface area contributed by atoms with Gasteiger partial charge in [-0.1, -0.05) is 6.07 Å². The van der Waals surface area contributed by atoms with Crippen molar-refractivity contribution in [1.82, 2.24) is 20.5 Å². The Labute approximate surface area is 126 Å². The first kappa shape index (κ1) is 14.0. The van der Waals surface area contributed by atoms with Gasteiger partial charge in [0, 0.05) is 19.0 Å². The number of nitrogens with one attached hydrogen (secondary N) is 1. The molecule has 3 rings (SSSR count). The van der Waals surface area contributed by atoms with Crippen LogP contribution in [0.5, 0.6) is 0 Å². The van der Waals surface area contributed by atoms with Crippen molar-refractivity contribution in [3.05, 3.63) is 54.4 Å². The summed E-state index contributed by atoms with van der Waals surface area (Å²) in [6.07, 6.45) is 3.87. The molecule has 0 aliphatic heterocycles. The Morgan fingerprint density at radius 3 is 2.91 bits per heavy atom. The van der Waals surface area contributed by atoms with Gasteiger partial charge in [-0.25, -0.2) is 0 Å². The number of rotatable bonds is 6. The van der Waals surface area contributed by atoms with E-state index < -0.39 is 0 Å². The predicted molar refractivity (Wildman–Crippen MR) is 76.4 cm³/mol. The normalized spacial score (nSPS) is 10.5. The number of hydrogen-bond acceptors (Lipinski definition) is 6. The Kier molecular flexibility index (Phi) is 4.24. The zero-order chi connectivity index (χ0) is 15.2. The topological polar surface area (TPSA) is 94.0 Å². The van der Waals surface area contributed by atoms with E-state index in [4.69, 9.17) is 8.83 Å². The molecule has 0 radical (unpaired) electrons. The first-order chi connectivity index (χ1) is 10.8. The Morgan fingerprint density at radius 2 is 2.14 bits per heavy atom. The number of carbonyl (C=O) groups excluding carboxylic acids is 1. The maximum Gasteiger partial charge on any atom is 0.266 e. The molecule has 0 aromatic carbocycles. The molecule has 22 heavy (non-hydrogen) atoms. The summed E-state index contributed by atoms with van der Waals surface area (Å²) in [5.41, 5.74) is 0.614. The SMILES string of the molecule is O=C(CCc1nnc(-c2ccccn2)o1)NCc1ccco1. The van der Waals surface area contributed by atoms with E-state index in [9.17, 15) is 4.79 Å². The summed E-state index contributed by atoms with van der Waals surface area (Å²) in [5, 5.41) is 10.6. The molecule has 0 saturated carbocycles. The largest absolute Gasteiger partial charge is 0.467 e. The van der Waals surface area contributed by atoms with Crippen LogP contribution in [0.4, 0.5) is 0 Å². The fourth-order valence-electron chi connectivity index (χ4n) is 1.86. The maximum atomic E-state index is 11.7. The molecule has 0 spiro atoms. The van der Waals surface area contributed by atoms with Crippen molar-refractivity contribution < 1.29 is 13.6 Å². The summed E-state index contributed by atoms with van der Waals surface area (Å²) in [5.74, 6) is 1.37. The van der Waals surface area contributed by atoms with Gasteiger partial charge in [-0.3, -0.25) is 9.78 Å². The smallest absolute Gasteiger partial charge is 0.266 e. The van der Waals surface area contributed by atoms with Crippen LogP contribution in [0.1, 0.15) is 18.1 Å². The van der Waals surface area contributed by atoms with E-state index in [-0.39, 0.29) is 12.3 Å². The van der Waals surface area contributed by atoms with E-state index in [1.54, 1.807) is 30.7 Å². The van der Waals surface area contributed by atoms with E-state index in [2.05, 4.69) is 20.5 Å². The second-order valence-corrected chi connectivity index (χ2v) is 4.57. The van der Waals surface area contributed by atoms with E-state index in [0.717, 1.165) is 0 Å². The van der Waals surface area contributed by atoms with E-state index in [1.807, 2.05) is 12.1 Å². The van der Waals surface area contributed by atoms with Crippen LogP contribution in [-0.4, -0.2) is 21.1 Å². The van der Waals surface area contributed by atoms with Gasteiger partial charge >= 0.3 is 0 Å². The highest BCUT2D eigenvalue weighted by molar-refractivity contribution is 5.75. The molecule has 0 fully saturated rings. The molecule has 3 heterocycles. The molecular weight excluding hydrogens is 284 g/mol. The maximum absolute atomic E-state index is 11.7. The second-order valence-electron chi connectivity index (χ2n) is 4.57. The Morgan fingerprint density at radius 1 is 1.18 bits per heavy atom. The lowest BCUT2D eigenvalue weighted by Gasteiger charge is -2.01. The van der Waals surface area contributed by atoms with Crippen molar-refractivity contribution in [2.75, 3.05) is 0 Å².